The third-order valence-corrected chi connectivity index (χ3v) is 4.65. The van der Waals surface area contributed by atoms with Crippen LogP contribution in [0.4, 0.5) is 0 Å². The van der Waals surface area contributed by atoms with Crippen molar-refractivity contribution in [3.8, 4) is 0 Å². The van der Waals surface area contributed by atoms with Gasteiger partial charge in [-0.2, -0.15) is 0 Å². The average Bonchev–Trinajstić information content (AvgIpc) is 3.30. The predicted octanol–water partition coefficient (Wildman–Crippen LogP) is 4.84. The number of hydrogen-bond donors (Lipinski definition) is 1. The monoisotopic (exact) mass is 343 g/mol. The second-order valence-corrected chi connectivity index (χ2v) is 7.04. The molecule has 1 nitrogen and oxygen atoms in total. The summed E-state index contributed by atoms with van der Waals surface area (Å²) in [7, 11) is 0. The number of rotatable bonds is 6. The van der Waals surface area contributed by atoms with Gasteiger partial charge < -0.3 is 5.32 Å². The molecule has 110 valence electrons. The Kier molecular flexibility index (Phi) is 4.77. The predicted molar refractivity (Wildman–Crippen MR) is 92.8 cm³/mol. The maximum absolute atomic E-state index is 3.69. The van der Waals surface area contributed by atoms with Crippen molar-refractivity contribution in [1.82, 2.24) is 5.32 Å². The minimum absolute atomic E-state index is 0.533. The quantitative estimate of drug-likeness (QED) is 0.791. The molecule has 0 bridgehead atoms. The Labute approximate surface area is 135 Å². The summed E-state index contributed by atoms with van der Waals surface area (Å²) in [6, 6.07) is 18.4. The Morgan fingerprint density at radius 3 is 2.57 bits per heavy atom. The molecule has 0 heterocycles. The van der Waals surface area contributed by atoms with Crippen molar-refractivity contribution in [2.24, 2.45) is 0 Å². The molecule has 2 heteroatoms. The molecule has 1 atom stereocenters. The van der Waals surface area contributed by atoms with Crippen molar-refractivity contribution >= 4 is 15.9 Å². The van der Waals surface area contributed by atoms with Gasteiger partial charge in [0.05, 0.1) is 0 Å². The summed E-state index contributed by atoms with van der Waals surface area (Å²) in [5.41, 5.74) is 4.16. The second-order valence-electron chi connectivity index (χ2n) is 6.12. The zero-order valence-electron chi connectivity index (χ0n) is 12.5. The van der Waals surface area contributed by atoms with Crippen molar-refractivity contribution in [2.45, 2.75) is 38.1 Å². The first-order valence-corrected chi connectivity index (χ1v) is 8.54. The van der Waals surface area contributed by atoms with Crippen molar-refractivity contribution in [3.05, 3.63) is 69.7 Å². The Morgan fingerprint density at radius 2 is 1.90 bits per heavy atom. The van der Waals surface area contributed by atoms with E-state index in [1.165, 1.54) is 34.0 Å². The molecule has 21 heavy (non-hydrogen) atoms. The second kappa shape index (κ2) is 6.76. The van der Waals surface area contributed by atoms with E-state index in [-0.39, 0.29) is 0 Å². The molecule has 0 radical (unpaired) electrons. The highest BCUT2D eigenvalue weighted by atomic mass is 79.9. The van der Waals surface area contributed by atoms with E-state index in [0.29, 0.717) is 5.92 Å². The van der Waals surface area contributed by atoms with Crippen molar-refractivity contribution in [2.75, 3.05) is 6.54 Å². The van der Waals surface area contributed by atoms with Gasteiger partial charge in [0.15, 0.2) is 0 Å². The van der Waals surface area contributed by atoms with Crippen LogP contribution in [0.5, 0.6) is 0 Å². The van der Waals surface area contributed by atoms with Gasteiger partial charge in [0, 0.05) is 23.0 Å². The topological polar surface area (TPSA) is 12.0 Å². The lowest BCUT2D eigenvalue weighted by atomic mass is 9.91. The third kappa shape index (κ3) is 4.42. The first kappa shape index (κ1) is 14.8. The molecule has 0 amide bonds. The minimum Gasteiger partial charge on any atom is -0.313 e. The fourth-order valence-electron chi connectivity index (χ4n) is 2.67. The zero-order chi connectivity index (χ0) is 14.7. The third-order valence-electron chi connectivity index (χ3n) is 4.15. The lowest BCUT2D eigenvalue weighted by Crippen LogP contribution is -2.24. The lowest BCUT2D eigenvalue weighted by molar-refractivity contribution is 0.577. The molecular formula is C19H22BrN. The van der Waals surface area contributed by atoms with E-state index in [9.17, 15) is 0 Å². The first-order valence-electron chi connectivity index (χ1n) is 7.75. The molecule has 1 unspecified atom stereocenters. The highest BCUT2D eigenvalue weighted by Crippen LogP contribution is 2.26. The number of nitrogens with one attached hydrogen (secondary N) is 1. The first-order chi connectivity index (χ1) is 10.2. The van der Waals surface area contributed by atoms with E-state index in [2.05, 4.69) is 76.7 Å². The van der Waals surface area contributed by atoms with E-state index in [0.717, 1.165) is 19.0 Å². The molecule has 0 saturated heterocycles. The van der Waals surface area contributed by atoms with Crippen LogP contribution in [0.1, 0.15) is 35.4 Å². The Hall–Kier alpha value is -1.12. The van der Waals surface area contributed by atoms with Crippen LogP contribution in [-0.4, -0.2) is 12.6 Å². The van der Waals surface area contributed by atoms with Crippen molar-refractivity contribution in [3.63, 3.8) is 0 Å². The summed E-state index contributed by atoms with van der Waals surface area (Å²) in [6.07, 6.45) is 3.78. The number of hydrogen-bond acceptors (Lipinski definition) is 1. The molecular weight excluding hydrogens is 322 g/mol. The number of halogens is 1. The minimum atomic E-state index is 0.533. The van der Waals surface area contributed by atoms with Gasteiger partial charge in [0.25, 0.3) is 0 Å². The van der Waals surface area contributed by atoms with Gasteiger partial charge in [0.2, 0.25) is 0 Å². The van der Waals surface area contributed by atoms with E-state index >= 15 is 0 Å². The molecule has 1 aliphatic rings. The summed E-state index contributed by atoms with van der Waals surface area (Å²) in [6.45, 7) is 3.21. The van der Waals surface area contributed by atoms with Crippen LogP contribution in [0, 0.1) is 6.92 Å². The van der Waals surface area contributed by atoms with Gasteiger partial charge >= 0.3 is 0 Å². The molecule has 2 aromatic carbocycles. The Bertz CT molecular complexity index is 587. The summed E-state index contributed by atoms with van der Waals surface area (Å²) in [5, 5.41) is 3.69. The van der Waals surface area contributed by atoms with Gasteiger partial charge in [-0.25, -0.2) is 0 Å². The van der Waals surface area contributed by atoms with Gasteiger partial charge in [-0.15, -0.1) is 0 Å². The lowest BCUT2D eigenvalue weighted by Gasteiger charge is -2.19. The highest BCUT2D eigenvalue weighted by Gasteiger charge is 2.22. The van der Waals surface area contributed by atoms with Crippen LogP contribution >= 0.6 is 15.9 Å². The van der Waals surface area contributed by atoms with Gasteiger partial charge in [-0.1, -0.05) is 57.9 Å². The molecule has 0 spiro atoms. The van der Waals surface area contributed by atoms with E-state index in [1.54, 1.807) is 0 Å². The molecule has 1 aliphatic carbocycles. The molecule has 2 aromatic rings. The molecule has 0 aliphatic heterocycles. The van der Waals surface area contributed by atoms with E-state index in [4.69, 9.17) is 0 Å². The molecule has 0 aromatic heterocycles. The molecule has 1 N–H and O–H groups in total. The molecule has 1 saturated carbocycles. The standard InChI is InChI=1S/C19H22BrN/c1-14-5-7-15(8-6-14)11-17(13-21-19-9-10-19)16-3-2-4-18(20)12-16/h2-8,12,17,19,21H,9-11,13H2,1H3. The Morgan fingerprint density at radius 1 is 1.14 bits per heavy atom. The summed E-state index contributed by atoms with van der Waals surface area (Å²) in [4.78, 5) is 0. The van der Waals surface area contributed by atoms with Crippen molar-refractivity contribution < 1.29 is 0 Å². The SMILES string of the molecule is Cc1ccc(CC(CNC2CC2)c2cccc(Br)c2)cc1. The largest absolute Gasteiger partial charge is 0.313 e. The summed E-state index contributed by atoms with van der Waals surface area (Å²) < 4.78 is 1.17. The highest BCUT2D eigenvalue weighted by molar-refractivity contribution is 9.10. The van der Waals surface area contributed by atoms with Gasteiger partial charge in [0.1, 0.15) is 0 Å². The average molecular weight is 344 g/mol. The van der Waals surface area contributed by atoms with Crippen LogP contribution in [0.3, 0.4) is 0 Å². The van der Waals surface area contributed by atoms with E-state index < -0.39 is 0 Å². The van der Waals surface area contributed by atoms with Gasteiger partial charge in [-0.05, 0) is 49.4 Å². The van der Waals surface area contributed by atoms with Crippen LogP contribution in [0.15, 0.2) is 53.0 Å². The Balaban J connectivity index is 1.75. The maximum atomic E-state index is 3.69. The van der Waals surface area contributed by atoms with Crippen LogP contribution in [0.25, 0.3) is 0 Å². The van der Waals surface area contributed by atoms with Crippen molar-refractivity contribution in [1.29, 1.82) is 0 Å². The van der Waals surface area contributed by atoms with Crippen LogP contribution in [0.2, 0.25) is 0 Å². The zero-order valence-corrected chi connectivity index (χ0v) is 14.1. The smallest absolute Gasteiger partial charge is 0.0178 e. The fourth-order valence-corrected chi connectivity index (χ4v) is 3.09. The molecule has 1 fully saturated rings. The number of benzene rings is 2. The van der Waals surface area contributed by atoms with Crippen LogP contribution < -0.4 is 5.32 Å². The normalized spacial score (nSPS) is 15.9. The van der Waals surface area contributed by atoms with E-state index in [1.807, 2.05) is 0 Å². The van der Waals surface area contributed by atoms with Gasteiger partial charge in [-0.3, -0.25) is 0 Å². The summed E-state index contributed by atoms with van der Waals surface area (Å²) >= 11 is 3.60. The van der Waals surface area contributed by atoms with Crippen LogP contribution in [-0.2, 0) is 6.42 Å². The number of aryl methyl sites for hydroxylation is 1. The fraction of sp³-hybridized carbons (Fsp3) is 0.368. The summed E-state index contributed by atoms with van der Waals surface area (Å²) in [5.74, 6) is 0.533. The molecule has 3 rings (SSSR count). The maximum Gasteiger partial charge on any atom is 0.0178 e.